The van der Waals surface area contributed by atoms with E-state index in [0.717, 1.165) is 0 Å². The molecule has 1 rings (SSSR count). The molecule has 1 amide bonds. The quantitative estimate of drug-likeness (QED) is 0.613. The Kier molecular flexibility index (Phi) is 4.24. The van der Waals surface area contributed by atoms with E-state index in [4.69, 9.17) is 4.74 Å². The number of amides is 1. The van der Waals surface area contributed by atoms with Crippen LogP contribution in [0.2, 0.25) is 0 Å². The van der Waals surface area contributed by atoms with E-state index in [2.05, 4.69) is 22.1 Å². The summed E-state index contributed by atoms with van der Waals surface area (Å²) in [6.07, 6.45) is 1.41. The van der Waals surface area contributed by atoms with Crippen LogP contribution in [0.4, 0.5) is 9.93 Å². The second-order valence-electron chi connectivity index (χ2n) is 4.04. The fraction of sp³-hybridized carbons (Fsp3) is 0.364. The van der Waals surface area contributed by atoms with E-state index in [-0.39, 0.29) is 0 Å². The molecular weight excluding hydrogens is 240 g/mol. The Morgan fingerprint density at radius 1 is 1.59 bits per heavy atom. The minimum atomic E-state index is -0.568. The minimum Gasteiger partial charge on any atom is -0.444 e. The number of carbonyl (C=O) groups is 2. The number of nitrogens with one attached hydrogen (secondary N) is 1. The van der Waals surface area contributed by atoms with E-state index in [9.17, 15) is 9.59 Å². The molecule has 0 aromatic carbocycles. The second-order valence-corrected chi connectivity index (χ2v) is 5.07. The molecule has 0 bridgehead atoms. The van der Waals surface area contributed by atoms with Crippen LogP contribution in [0, 0.1) is 11.8 Å². The van der Waals surface area contributed by atoms with Gasteiger partial charge in [0, 0.05) is 0 Å². The molecule has 5 nitrogen and oxygen atoms in total. The van der Waals surface area contributed by atoms with Crippen molar-refractivity contribution in [3.05, 3.63) is 11.1 Å². The summed E-state index contributed by atoms with van der Waals surface area (Å²) in [5.74, 6) is 4.85. The monoisotopic (exact) mass is 252 g/mol. The number of rotatable bonds is 1. The number of ether oxygens (including phenoxy) is 1. The van der Waals surface area contributed by atoms with Crippen LogP contribution in [0.15, 0.2) is 6.20 Å². The van der Waals surface area contributed by atoms with E-state index in [1.54, 1.807) is 20.8 Å². The first-order valence-corrected chi connectivity index (χ1v) is 5.63. The van der Waals surface area contributed by atoms with Crippen molar-refractivity contribution in [1.82, 2.24) is 4.98 Å². The summed E-state index contributed by atoms with van der Waals surface area (Å²) in [6.45, 7) is 5.32. The highest BCUT2D eigenvalue weighted by Crippen LogP contribution is 2.18. The van der Waals surface area contributed by atoms with Gasteiger partial charge in [-0.2, -0.15) is 0 Å². The first-order chi connectivity index (χ1) is 7.90. The van der Waals surface area contributed by atoms with E-state index < -0.39 is 11.7 Å². The third-order valence-electron chi connectivity index (χ3n) is 1.37. The Morgan fingerprint density at radius 3 is 2.88 bits per heavy atom. The minimum absolute atomic E-state index is 0.384. The van der Waals surface area contributed by atoms with E-state index >= 15 is 0 Å². The van der Waals surface area contributed by atoms with Gasteiger partial charge in [-0.05, 0) is 32.6 Å². The molecule has 1 aromatic heterocycles. The van der Waals surface area contributed by atoms with Crippen molar-refractivity contribution < 1.29 is 14.3 Å². The Balaban J connectivity index is 2.60. The van der Waals surface area contributed by atoms with Crippen molar-refractivity contribution in [2.45, 2.75) is 26.4 Å². The smallest absolute Gasteiger partial charge is 0.413 e. The van der Waals surface area contributed by atoms with Crippen molar-refractivity contribution >= 4 is 28.8 Å². The predicted octanol–water partition coefficient (Wildman–Crippen LogP) is 2.04. The number of hydrogen-bond donors (Lipinski definition) is 1. The third-order valence-corrected chi connectivity index (χ3v) is 2.20. The second kappa shape index (κ2) is 5.46. The Hall–Kier alpha value is -1.87. The zero-order chi connectivity index (χ0) is 12.9. The summed E-state index contributed by atoms with van der Waals surface area (Å²) in [5.41, 5.74) is -0.554. The molecule has 0 spiro atoms. The van der Waals surface area contributed by atoms with Crippen molar-refractivity contribution in [2.24, 2.45) is 0 Å². The molecule has 0 unspecified atom stereocenters. The van der Waals surface area contributed by atoms with Crippen LogP contribution in [-0.2, 0) is 9.53 Å². The Bertz CT molecular complexity index is 477. The standard InChI is InChI=1S/C11H12N2O3S/c1-11(2,3)16-10(15)13-9-12-7-8(17-9)5-4-6-14/h6-7H,1-3H3,(H,12,13,15). The molecule has 0 radical (unpaired) electrons. The lowest BCUT2D eigenvalue weighted by atomic mass is 10.2. The SMILES string of the molecule is CC(C)(C)OC(=O)Nc1ncc(C#CC=O)s1. The van der Waals surface area contributed by atoms with Gasteiger partial charge in [0.15, 0.2) is 11.4 Å². The molecule has 1 N–H and O–H groups in total. The number of aldehydes is 1. The predicted molar refractivity (Wildman–Crippen MR) is 64.9 cm³/mol. The van der Waals surface area contributed by atoms with Gasteiger partial charge in [0.2, 0.25) is 0 Å². The molecule has 0 saturated heterocycles. The zero-order valence-corrected chi connectivity index (χ0v) is 10.6. The lowest BCUT2D eigenvalue weighted by Gasteiger charge is -2.18. The number of carbonyl (C=O) groups excluding carboxylic acids is 2. The van der Waals surface area contributed by atoms with Gasteiger partial charge in [0.1, 0.15) is 5.60 Å². The van der Waals surface area contributed by atoms with Gasteiger partial charge in [-0.25, -0.2) is 9.78 Å². The van der Waals surface area contributed by atoms with Gasteiger partial charge >= 0.3 is 6.09 Å². The van der Waals surface area contributed by atoms with Crippen LogP contribution in [0.3, 0.4) is 0 Å². The molecule has 1 aromatic rings. The van der Waals surface area contributed by atoms with E-state index in [1.165, 1.54) is 17.5 Å². The summed E-state index contributed by atoms with van der Waals surface area (Å²) in [6, 6.07) is 0. The van der Waals surface area contributed by atoms with Crippen LogP contribution in [0.25, 0.3) is 0 Å². The zero-order valence-electron chi connectivity index (χ0n) is 9.73. The van der Waals surface area contributed by atoms with Gasteiger partial charge < -0.3 is 4.74 Å². The number of aromatic nitrogens is 1. The van der Waals surface area contributed by atoms with E-state index in [0.29, 0.717) is 16.3 Å². The van der Waals surface area contributed by atoms with Gasteiger partial charge in [0.25, 0.3) is 0 Å². The van der Waals surface area contributed by atoms with Crippen molar-refractivity contribution in [3.63, 3.8) is 0 Å². The fourth-order valence-corrected chi connectivity index (χ4v) is 1.54. The fourth-order valence-electron chi connectivity index (χ4n) is 0.881. The lowest BCUT2D eigenvalue weighted by Crippen LogP contribution is -2.27. The lowest BCUT2D eigenvalue weighted by molar-refractivity contribution is -0.103. The normalized spacial score (nSPS) is 10.1. The summed E-state index contributed by atoms with van der Waals surface area (Å²) in [5, 5.41) is 2.87. The number of thiazole rings is 1. The van der Waals surface area contributed by atoms with Crippen LogP contribution in [0.1, 0.15) is 25.6 Å². The van der Waals surface area contributed by atoms with Crippen LogP contribution < -0.4 is 5.32 Å². The van der Waals surface area contributed by atoms with Gasteiger partial charge in [-0.1, -0.05) is 11.3 Å². The first kappa shape index (κ1) is 13.2. The molecule has 17 heavy (non-hydrogen) atoms. The average molecular weight is 252 g/mol. The summed E-state index contributed by atoms with van der Waals surface area (Å²) < 4.78 is 5.06. The average Bonchev–Trinajstić information content (AvgIpc) is 2.59. The maximum atomic E-state index is 11.4. The number of anilines is 1. The highest BCUT2D eigenvalue weighted by atomic mass is 32.1. The van der Waals surface area contributed by atoms with Crippen molar-refractivity contribution in [1.29, 1.82) is 0 Å². The molecule has 0 atom stereocenters. The van der Waals surface area contributed by atoms with Gasteiger partial charge in [-0.3, -0.25) is 10.1 Å². The highest BCUT2D eigenvalue weighted by molar-refractivity contribution is 7.16. The maximum absolute atomic E-state index is 11.4. The third kappa shape index (κ3) is 5.13. The summed E-state index contributed by atoms with van der Waals surface area (Å²) >= 11 is 1.17. The van der Waals surface area contributed by atoms with Gasteiger partial charge in [-0.15, -0.1) is 0 Å². The molecular formula is C11H12N2O3S. The first-order valence-electron chi connectivity index (χ1n) is 4.82. The Morgan fingerprint density at radius 2 is 2.29 bits per heavy atom. The van der Waals surface area contributed by atoms with Crippen LogP contribution in [0.5, 0.6) is 0 Å². The van der Waals surface area contributed by atoms with Crippen molar-refractivity contribution in [2.75, 3.05) is 5.32 Å². The largest absolute Gasteiger partial charge is 0.444 e. The Labute approximate surface area is 103 Å². The molecule has 6 heteroatoms. The molecule has 0 aliphatic heterocycles. The number of hydrogen-bond acceptors (Lipinski definition) is 5. The van der Waals surface area contributed by atoms with Gasteiger partial charge in [0.05, 0.1) is 11.1 Å². The van der Waals surface area contributed by atoms with E-state index in [1.807, 2.05) is 0 Å². The summed E-state index contributed by atoms with van der Waals surface area (Å²) in [4.78, 5) is 26.0. The molecule has 0 aliphatic carbocycles. The molecule has 90 valence electrons. The highest BCUT2D eigenvalue weighted by Gasteiger charge is 2.16. The topological polar surface area (TPSA) is 68.3 Å². The molecule has 0 aliphatic rings. The number of nitrogens with zero attached hydrogens (tertiary/aromatic N) is 1. The molecule has 1 heterocycles. The molecule has 0 fully saturated rings. The van der Waals surface area contributed by atoms with Crippen LogP contribution >= 0.6 is 11.3 Å². The molecule has 0 saturated carbocycles. The maximum Gasteiger partial charge on any atom is 0.413 e. The van der Waals surface area contributed by atoms with Crippen molar-refractivity contribution in [3.8, 4) is 11.8 Å². The van der Waals surface area contributed by atoms with Crippen LogP contribution in [-0.4, -0.2) is 23.0 Å². The summed E-state index contributed by atoms with van der Waals surface area (Å²) in [7, 11) is 0.